The summed E-state index contributed by atoms with van der Waals surface area (Å²) in [6.45, 7) is 5.33. The van der Waals surface area contributed by atoms with E-state index in [4.69, 9.17) is 4.74 Å². The lowest BCUT2D eigenvalue weighted by Crippen LogP contribution is -2.53. The summed E-state index contributed by atoms with van der Waals surface area (Å²) in [4.78, 5) is 13.2. The van der Waals surface area contributed by atoms with Gasteiger partial charge in [0.25, 0.3) is 0 Å². The van der Waals surface area contributed by atoms with Gasteiger partial charge in [0.15, 0.2) is 0 Å². The molecule has 0 bridgehead atoms. The van der Waals surface area contributed by atoms with Gasteiger partial charge in [-0.2, -0.15) is 4.98 Å². The molecule has 24 heavy (non-hydrogen) atoms. The second-order valence-corrected chi connectivity index (χ2v) is 6.12. The topological polar surface area (TPSA) is 61.7 Å². The Morgan fingerprint density at radius 2 is 2.04 bits per heavy atom. The highest BCUT2D eigenvalue weighted by atomic mass is 16.5. The molecule has 6 nitrogen and oxygen atoms in total. The van der Waals surface area contributed by atoms with E-state index in [9.17, 15) is 5.11 Å². The highest BCUT2D eigenvalue weighted by molar-refractivity contribution is 5.33. The predicted molar refractivity (Wildman–Crippen MR) is 93.2 cm³/mol. The minimum Gasteiger partial charge on any atom is -0.481 e. The van der Waals surface area contributed by atoms with Gasteiger partial charge in [0.05, 0.1) is 13.2 Å². The quantitative estimate of drug-likeness (QED) is 0.902. The van der Waals surface area contributed by atoms with E-state index in [1.54, 1.807) is 19.4 Å². The van der Waals surface area contributed by atoms with E-state index in [-0.39, 0.29) is 0 Å². The van der Waals surface area contributed by atoms with Gasteiger partial charge in [0.1, 0.15) is 0 Å². The normalized spacial score (nSPS) is 20.0. The molecule has 0 unspecified atom stereocenters. The van der Waals surface area contributed by atoms with Crippen molar-refractivity contribution in [1.82, 2.24) is 14.9 Å². The number of nitrogens with zero attached hydrogens (tertiary/aromatic N) is 4. The summed E-state index contributed by atoms with van der Waals surface area (Å²) in [5, 5.41) is 10.4. The average Bonchev–Trinajstić information content (AvgIpc) is 2.64. The van der Waals surface area contributed by atoms with Crippen LogP contribution in [0.4, 0.5) is 5.95 Å². The lowest BCUT2D eigenvalue weighted by Gasteiger charge is -2.40. The molecule has 0 saturated carbocycles. The molecule has 0 radical (unpaired) electrons. The third kappa shape index (κ3) is 3.83. The zero-order valence-electron chi connectivity index (χ0n) is 14.2. The number of benzene rings is 1. The van der Waals surface area contributed by atoms with Crippen molar-refractivity contribution in [3.63, 3.8) is 0 Å². The number of ether oxygens (including phenoxy) is 1. The Hall–Kier alpha value is -2.18. The predicted octanol–water partition coefficient (Wildman–Crippen LogP) is 1.73. The molecule has 1 aromatic heterocycles. The van der Waals surface area contributed by atoms with Crippen molar-refractivity contribution in [2.24, 2.45) is 0 Å². The SMILES string of the molecule is COc1ccnc(N2CCN(C[C@H](O)c3ccccc3)[C@H](C)C2)n1. The van der Waals surface area contributed by atoms with E-state index in [0.717, 1.165) is 25.2 Å². The zero-order valence-corrected chi connectivity index (χ0v) is 14.2. The van der Waals surface area contributed by atoms with Crippen LogP contribution in [0.15, 0.2) is 42.6 Å². The highest BCUT2D eigenvalue weighted by Crippen LogP contribution is 2.20. The van der Waals surface area contributed by atoms with Gasteiger partial charge in [-0.3, -0.25) is 4.90 Å². The lowest BCUT2D eigenvalue weighted by atomic mass is 10.1. The Labute approximate surface area is 142 Å². The van der Waals surface area contributed by atoms with Crippen molar-refractivity contribution in [1.29, 1.82) is 0 Å². The van der Waals surface area contributed by atoms with Gasteiger partial charge in [-0.15, -0.1) is 0 Å². The van der Waals surface area contributed by atoms with Crippen molar-refractivity contribution < 1.29 is 9.84 Å². The van der Waals surface area contributed by atoms with Gasteiger partial charge in [-0.1, -0.05) is 30.3 Å². The molecule has 2 heterocycles. The second-order valence-electron chi connectivity index (χ2n) is 6.12. The number of methoxy groups -OCH3 is 1. The molecule has 0 amide bonds. The van der Waals surface area contributed by atoms with E-state index in [2.05, 4.69) is 26.7 Å². The number of aliphatic hydroxyl groups is 1. The van der Waals surface area contributed by atoms with Crippen molar-refractivity contribution in [3.8, 4) is 5.88 Å². The Morgan fingerprint density at radius 3 is 2.75 bits per heavy atom. The first kappa shape index (κ1) is 16.7. The van der Waals surface area contributed by atoms with Crippen LogP contribution in [0.1, 0.15) is 18.6 Å². The standard InChI is InChI=1S/C18H24N4O2/c1-14-12-22(18-19-9-8-17(20-18)24-2)11-10-21(14)13-16(23)15-6-4-3-5-7-15/h3-9,14,16,23H,10-13H2,1-2H3/t14-,16+/m1/s1. The summed E-state index contributed by atoms with van der Waals surface area (Å²) in [5.41, 5.74) is 0.961. The molecule has 0 aliphatic carbocycles. The maximum atomic E-state index is 10.4. The summed E-state index contributed by atoms with van der Waals surface area (Å²) in [7, 11) is 1.61. The largest absolute Gasteiger partial charge is 0.481 e. The minimum absolute atomic E-state index is 0.312. The maximum Gasteiger partial charge on any atom is 0.228 e. The van der Waals surface area contributed by atoms with Crippen molar-refractivity contribution >= 4 is 5.95 Å². The molecule has 0 spiro atoms. The van der Waals surface area contributed by atoms with Crippen LogP contribution in [0, 0.1) is 0 Å². The molecule has 1 aliphatic heterocycles. The lowest BCUT2D eigenvalue weighted by molar-refractivity contribution is 0.0847. The molecule has 6 heteroatoms. The average molecular weight is 328 g/mol. The van der Waals surface area contributed by atoms with E-state index < -0.39 is 6.10 Å². The zero-order chi connectivity index (χ0) is 16.9. The number of hydrogen-bond donors (Lipinski definition) is 1. The maximum absolute atomic E-state index is 10.4. The van der Waals surface area contributed by atoms with E-state index in [0.29, 0.717) is 24.4 Å². The first-order valence-corrected chi connectivity index (χ1v) is 8.26. The van der Waals surface area contributed by atoms with Gasteiger partial charge in [-0.05, 0) is 12.5 Å². The van der Waals surface area contributed by atoms with Crippen LogP contribution < -0.4 is 9.64 Å². The number of piperazine rings is 1. The van der Waals surface area contributed by atoms with Crippen LogP contribution in [0.3, 0.4) is 0 Å². The molecule has 1 saturated heterocycles. The number of rotatable bonds is 5. The molecule has 3 rings (SSSR count). The van der Waals surface area contributed by atoms with Crippen molar-refractivity contribution in [2.75, 3.05) is 38.2 Å². The number of hydrogen-bond acceptors (Lipinski definition) is 6. The first-order chi connectivity index (χ1) is 11.7. The monoisotopic (exact) mass is 328 g/mol. The fourth-order valence-electron chi connectivity index (χ4n) is 3.05. The summed E-state index contributed by atoms with van der Waals surface area (Å²) < 4.78 is 5.17. The number of aromatic nitrogens is 2. The van der Waals surface area contributed by atoms with Gasteiger partial charge in [0.2, 0.25) is 11.8 Å². The minimum atomic E-state index is -0.465. The van der Waals surface area contributed by atoms with Crippen LogP contribution in [0.5, 0.6) is 5.88 Å². The van der Waals surface area contributed by atoms with E-state index in [1.165, 1.54) is 0 Å². The van der Waals surface area contributed by atoms with Gasteiger partial charge >= 0.3 is 0 Å². The third-order valence-electron chi connectivity index (χ3n) is 4.47. The molecule has 1 fully saturated rings. The second kappa shape index (κ2) is 7.59. The van der Waals surface area contributed by atoms with Crippen molar-refractivity contribution in [3.05, 3.63) is 48.2 Å². The fraction of sp³-hybridized carbons (Fsp3) is 0.444. The fourth-order valence-corrected chi connectivity index (χ4v) is 3.05. The Morgan fingerprint density at radius 1 is 1.25 bits per heavy atom. The van der Waals surface area contributed by atoms with E-state index in [1.807, 2.05) is 30.3 Å². The molecular formula is C18H24N4O2. The van der Waals surface area contributed by atoms with Crippen LogP contribution >= 0.6 is 0 Å². The molecule has 1 aliphatic rings. The highest BCUT2D eigenvalue weighted by Gasteiger charge is 2.27. The number of β-amino-alcohol motifs (C(OH)–C–C–N with tert-alkyl or cyclic N) is 1. The molecular weight excluding hydrogens is 304 g/mol. The van der Waals surface area contributed by atoms with Gasteiger partial charge in [0, 0.05) is 44.5 Å². The van der Waals surface area contributed by atoms with Gasteiger partial charge < -0.3 is 14.7 Å². The Kier molecular flexibility index (Phi) is 5.27. The summed E-state index contributed by atoms with van der Waals surface area (Å²) >= 11 is 0. The molecule has 1 aromatic carbocycles. The van der Waals surface area contributed by atoms with Crippen LogP contribution in [-0.2, 0) is 0 Å². The summed E-state index contributed by atoms with van der Waals surface area (Å²) in [5.74, 6) is 1.28. The smallest absolute Gasteiger partial charge is 0.228 e. The number of anilines is 1. The third-order valence-corrected chi connectivity index (χ3v) is 4.47. The first-order valence-electron chi connectivity index (χ1n) is 8.26. The Balaban J connectivity index is 1.61. The van der Waals surface area contributed by atoms with Crippen LogP contribution in [-0.4, -0.2) is 59.3 Å². The van der Waals surface area contributed by atoms with Crippen LogP contribution in [0.25, 0.3) is 0 Å². The van der Waals surface area contributed by atoms with Crippen LogP contribution in [0.2, 0.25) is 0 Å². The summed E-state index contributed by atoms with van der Waals surface area (Å²) in [6, 6.07) is 11.9. The molecule has 128 valence electrons. The molecule has 2 atom stereocenters. The van der Waals surface area contributed by atoms with Crippen molar-refractivity contribution in [2.45, 2.75) is 19.1 Å². The summed E-state index contributed by atoms with van der Waals surface area (Å²) in [6.07, 6.45) is 1.26. The Bertz CT molecular complexity index is 652. The molecule has 1 N–H and O–H groups in total. The number of aliphatic hydroxyl groups excluding tert-OH is 1. The molecule has 2 aromatic rings. The van der Waals surface area contributed by atoms with E-state index >= 15 is 0 Å². The van der Waals surface area contributed by atoms with Gasteiger partial charge in [-0.25, -0.2) is 4.98 Å².